The van der Waals surface area contributed by atoms with Gasteiger partial charge in [0.15, 0.2) is 5.69 Å². The first-order valence-corrected chi connectivity index (χ1v) is 6.51. The zero-order chi connectivity index (χ0) is 15.6. The van der Waals surface area contributed by atoms with Crippen molar-refractivity contribution in [1.29, 1.82) is 5.26 Å². The van der Waals surface area contributed by atoms with Gasteiger partial charge in [-0.05, 0) is 23.6 Å². The van der Waals surface area contributed by atoms with Gasteiger partial charge in [-0.2, -0.15) is 14.0 Å². The van der Waals surface area contributed by atoms with Gasteiger partial charge in [-0.3, -0.25) is 0 Å². The molecular formula is C17H10F2N2O. The number of alkyl halides is 2. The molecule has 0 bridgehead atoms. The summed E-state index contributed by atoms with van der Waals surface area (Å²) >= 11 is 0. The van der Waals surface area contributed by atoms with E-state index < -0.39 is 11.8 Å². The highest BCUT2D eigenvalue weighted by molar-refractivity contribution is 5.88. The molecule has 1 aromatic heterocycles. The number of halogens is 2. The summed E-state index contributed by atoms with van der Waals surface area (Å²) in [6, 6.07) is 16.3. The molecule has 0 aliphatic carbocycles. The fourth-order valence-corrected chi connectivity index (χ4v) is 2.11. The lowest BCUT2D eigenvalue weighted by Gasteiger charge is -2.18. The Morgan fingerprint density at radius 3 is 2.50 bits per heavy atom. The third-order valence-electron chi connectivity index (χ3n) is 3.18. The molecule has 2 aromatic carbocycles. The van der Waals surface area contributed by atoms with Gasteiger partial charge in [-0.15, -0.1) is 0 Å². The fraction of sp³-hybridized carbons (Fsp3) is 0.0588. The first kappa shape index (κ1) is 14.0. The smallest absolute Gasteiger partial charge is 0.427 e. The molecule has 3 nitrogen and oxygen atoms in total. The summed E-state index contributed by atoms with van der Waals surface area (Å²) in [5.41, 5.74) is -0.329. The lowest BCUT2D eigenvalue weighted by molar-refractivity contribution is -0.187. The topological polar surface area (TPSA) is 45.9 Å². The molecule has 22 heavy (non-hydrogen) atoms. The molecule has 0 unspecified atom stereocenters. The van der Waals surface area contributed by atoms with Crippen LogP contribution in [0, 0.1) is 11.3 Å². The molecule has 5 heteroatoms. The van der Waals surface area contributed by atoms with E-state index in [1.54, 1.807) is 18.2 Å². The van der Waals surface area contributed by atoms with Crippen molar-refractivity contribution in [2.45, 2.75) is 6.11 Å². The Labute approximate surface area is 125 Å². The average Bonchev–Trinajstić information content (AvgIpc) is 2.55. The zero-order valence-electron chi connectivity index (χ0n) is 11.3. The molecule has 0 fully saturated rings. The Bertz CT molecular complexity index is 849. The number of aromatic nitrogens is 1. The van der Waals surface area contributed by atoms with Crippen molar-refractivity contribution in [2.24, 2.45) is 0 Å². The molecule has 0 spiro atoms. The van der Waals surface area contributed by atoms with Gasteiger partial charge in [-0.1, -0.05) is 36.4 Å². The van der Waals surface area contributed by atoms with Crippen LogP contribution in [-0.2, 0) is 6.11 Å². The third-order valence-corrected chi connectivity index (χ3v) is 3.18. The molecule has 3 rings (SSSR count). The van der Waals surface area contributed by atoms with E-state index in [0.717, 1.165) is 17.6 Å². The summed E-state index contributed by atoms with van der Waals surface area (Å²) in [7, 11) is 0. The van der Waals surface area contributed by atoms with Gasteiger partial charge < -0.3 is 4.74 Å². The maximum atomic E-state index is 14.2. The number of nitriles is 1. The first-order chi connectivity index (χ1) is 10.6. The molecule has 0 amide bonds. The van der Waals surface area contributed by atoms with Gasteiger partial charge >= 0.3 is 6.11 Å². The van der Waals surface area contributed by atoms with Crippen LogP contribution in [0.15, 0.2) is 60.8 Å². The predicted molar refractivity (Wildman–Crippen MR) is 77.4 cm³/mol. The van der Waals surface area contributed by atoms with E-state index in [1.807, 2.05) is 24.3 Å². The minimum absolute atomic E-state index is 0.0780. The van der Waals surface area contributed by atoms with E-state index in [4.69, 9.17) is 10.00 Å². The second-order valence-corrected chi connectivity index (χ2v) is 4.64. The largest absolute Gasteiger partial charge is 0.444 e. The molecule has 0 N–H and O–H groups in total. The SMILES string of the molecule is N#Cc1ccc(C(F)(F)Oc2cccc3ccccc23)nc1. The molecule has 0 atom stereocenters. The van der Waals surface area contributed by atoms with Gasteiger partial charge in [0, 0.05) is 11.6 Å². The quantitative estimate of drug-likeness (QED) is 0.726. The van der Waals surface area contributed by atoms with E-state index in [9.17, 15) is 8.78 Å². The summed E-state index contributed by atoms with van der Waals surface area (Å²) in [6.45, 7) is 0. The molecule has 108 valence electrons. The fourth-order valence-electron chi connectivity index (χ4n) is 2.11. The van der Waals surface area contributed by atoms with Crippen LogP contribution in [0.4, 0.5) is 8.78 Å². The molecular weight excluding hydrogens is 286 g/mol. The van der Waals surface area contributed by atoms with Crippen LogP contribution in [-0.4, -0.2) is 4.98 Å². The van der Waals surface area contributed by atoms with Gasteiger partial charge in [0.2, 0.25) is 0 Å². The molecule has 3 aromatic rings. The highest BCUT2D eigenvalue weighted by Gasteiger charge is 2.36. The van der Waals surface area contributed by atoms with Crippen molar-refractivity contribution in [2.75, 3.05) is 0 Å². The van der Waals surface area contributed by atoms with Crippen molar-refractivity contribution in [3.63, 3.8) is 0 Å². The summed E-state index contributed by atoms with van der Waals surface area (Å²) in [5.74, 6) is 0.0780. The number of ether oxygens (including phenoxy) is 1. The zero-order valence-corrected chi connectivity index (χ0v) is 11.3. The number of hydrogen-bond donors (Lipinski definition) is 0. The van der Waals surface area contributed by atoms with E-state index in [-0.39, 0.29) is 11.3 Å². The second-order valence-electron chi connectivity index (χ2n) is 4.64. The van der Waals surface area contributed by atoms with Gasteiger partial charge in [0.25, 0.3) is 0 Å². The van der Waals surface area contributed by atoms with E-state index in [1.165, 1.54) is 12.1 Å². The highest BCUT2D eigenvalue weighted by atomic mass is 19.3. The number of benzene rings is 2. The summed E-state index contributed by atoms with van der Waals surface area (Å²) in [6.07, 6.45) is -2.49. The van der Waals surface area contributed by atoms with Crippen LogP contribution in [0.1, 0.15) is 11.3 Å². The minimum atomic E-state index is -3.59. The molecule has 0 aliphatic heterocycles. The summed E-state index contributed by atoms with van der Waals surface area (Å²) in [4.78, 5) is 3.60. The maximum absolute atomic E-state index is 14.2. The maximum Gasteiger partial charge on any atom is 0.444 e. The molecule has 0 aliphatic rings. The van der Waals surface area contributed by atoms with E-state index >= 15 is 0 Å². The Kier molecular flexibility index (Phi) is 3.43. The number of nitrogens with zero attached hydrogens (tertiary/aromatic N) is 2. The second kappa shape index (κ2) is 5.41. The van der Waals surface area contributed by atoms with Crippen LogP contribution in [0.2, 0.25) is 0 Å². The monoisotopic (exact) mass is 296 g/mol. The summed E-state index contributed by atoms with van der Waals surface area (Å²) < 4.78 is 33.4. The Morgan fingerprint density at radius 1 is 1.00 bits per heavy atom. The number of rotatable bonds is 3. The van der Waals surface area contributed by atoms with Crippen molar-refractivity contribution in [3.05, 3.63) is 72.1 Å². The van der Waals surface area contributed by atoms with Gasteiger partial charge in [0.1, 0.15) is 11.8 Å². The number of hydrogen-bond acceptors (Lipinski definition) is 3. The Morgan fingerprint density at radius 2 is 1.77 bits per heavy atom. The van der Waals surface area contributed by atoms with E-state index in [0.29, 0.717) is 5.39 Å². The lowest BCUT2D eigenvalue weighted by Crippen LogP contribution is -2.23. The van der Waals surface area contributed by atoms with E-state index in [2.05, 4.69) is 4.98 Å². The van der Waals surface area contributed by atoms with Crippen molar-refractivity contribution < 1.29 is 13.5 Å². The predicted octanol–water partition coefficient (Wildman–Crippen LogP) is 4.23. The van der Waals surface area contributed by atoms with Crippen LogP contribution in [0.5, 0.6) is 5.75 Å². The highest BCUT2D eigenvalue weighted by Crippen LogP contribution is 2.34. The molecule has 0 radical (unpaired) electrons. The van der Waals surface area contributed by atoms with Crippen molar-refractivity contribution >= 4 is 10.8 Å². The number of pyridine rings is 1. The lowest BCUT2D eigenvalue weighted by atomic mass is 10.1. The van der Waals surface area contributed by atoms with Crippen LogP contribution in [0.25, 0.3) is 10.8 Å². The van der Waals surface area contributed by atoms with Crippen molar-refractivity contribution in [3.8, 4) is 11.8 Å². The van der Waals surface area contributed by atoms with Crippen molar-refractivity contribution in [1.82, 2.24) is 4.98 Å². The Balaban J connectivity index is 1.97. The normalized spacial score (nSPS) is 11.1. The minimum Gasteiger partial charge on any atom is -0.427 e. The van der Waals surface area contributed by atoms with Gasteiger partial charge in [-0.25, -0.2) is 4.98 Å². The molecule has 1 heterocycles. The van der Waals surface area contributed by atoms with Crippen LogP contribution >= 0.6 is 0 Å². The Hall–Kier alpha value is -3.00. The molecule has 0 saturated heterocycles. The summed E-state index contributed by atoms with van der Waals surface area (Å²) in [5, 5.41) is 10.1. The molecule has 0 saturated carbocycles. The first-order valence-electron chi connectivity index (χ1n) is 6.51. The van der Waals surface area contributed by atoms with Gasteiger partial charge in [0.05, 0.1) is 5.56 Å². The standard InChI is InChI=1S/C17H10F2N2O/c18-17(19,16-9-8-12(10-20)11-21-16)22-15-7-3-5-13-4-1-2-6-14(13)15/h1-9,11H. The number of fused-ring (bicyclic) bond motifs is 1. The van der Waals surface area contributed by atoms with Crippen LogP contribution in [0.3, 0.4) is 0 Å². The average molecular weight is 296 g/mol. The van der Waals surface area contributed by atoms with Crippen LogP contribution < -0.4 is 4.74 Å². The third kappa shape index (κ3) is 2.59.